The summed E-state index contributed by atoms with van der Waals surface area (Å²) in [5, 5.41) is 15.0. The Morgan fingerprint density at radius 2 is 1.87 bits per heavy atom. The summed E-state index contributed by atoms with van der Waals surface area (Å²) in [6.07, 6.45) is 1.54. The number of hydrogen-bond acceptors (Lipinski definition) is 6. The fourth-order valence-corrected chi connectivity index (χ4v) is 4.26. The van der Waals surface area contributed by atoms with Gasteiger partial charge in [0.1, 0.15) is 25.4 Å². The van der Waals surface area contributed by atoms with Gasteiger partial charge in [0.05, 0.1) is 6.04 Å². The number of piperidine rings is 1. The molecule has 0 radical (unpaired) electrons. The van der Waals surface area contributed by atoms with Crippen molar-refractivity contribution in [3.8, 4) is 0 Å². The highest BCUT2D eigenvalue weighted by atomic mass is 19.1. The number of benzene rings is 1. The van der Waals surface area contributed by atoms with E-state index in [2.05, 4.69) is 16.0 Å². The molecule has 38 heavy (non-hydrogen) atoms. The predicted molar refractivity (Wildman–Crippen MR) is 140 cm³/mol. The molecule has 6 N–H and O–H groups in total. The standard InChI is InChI=1S/C26H39FN6O5/c1-17(2)22(32-26(37)38-16-18-9-4-3-5-10-18)24(36)33-14-7-6-12-20(33)23(35)31-19(21(34)15-27)11-8-13-30-25(28)29/h3-5,9-10,17,19-20,22H,6-8,11-16H2,1-2H3,(H,31,35)(H,32,37)(H4,28,29,30)/t19-,20-,22-/m0/s1. The van der Waals surface area contributed by atoms with Crippen LogP contribution in [0.2, 0.25) is 0 Å². The smallest absolute Gasteiger partial charge is 0.408 e. The van der Waals surface area contributed by atoms with Crippen LogP contribution in [0.3, 0.4) is 0 Å². The molecule has 0 aliphatic carbocycles. The van der Waals surface area contributed by atoms with Gasteiger partial charge in [0, 0.05) is 13.1 Å². The van der Waals surface area contributed by atoms with Gasteiger partial charge in [-0.05, 0) is 43.6 Å². The van der Waals surface area contributed by atoms with E-state index in [1.807, 2.05) is 30.3 Å². The third-order valence-electron chi connectivity index (χ3n) is 6.33. The molecular weight excluding hydrogens is 495 g/mol. The van der Waals surface area contributed by atoms with Crippen molar-refractivity contribution < 1.29 is 28.3 Å². The number of Topliss-reactive ketones (excluding diaryl/α,β-unsaturated/α-hetero) is 1. The maximum atomic E-state index is 13.5. The number of amides is 3. The van der Waals surface area contributed by atoms with Gasteiger partial charge in [-0.1, -0.05) is 44.2 Å². The van der Waals surface area contributed by atoms with Gasteiger partial charge < -0.3 is 31.3 Å². The Hall–Kier alpha value is -3.70. The van der Waals surface area contributed by atoms with Crippen molar-refractivity contribution in [1.29, 1.82) is 5.41 Å². The molecule has 1 saturated heterocycles. The number of ketones is 1. The molecular formula is C26H39FN6O5. The maximum absolute atomic E-state index is 13.5. The fourth-order valence-electron chi connectivity index (χ4n) is 4.26. The van der Waals surface area contributed by atoms with Crippen LogP contribution in [0.4, 0.5) is 9.18 Å². The first kappa shape index (κ1) is 30.5. The first-order chi connectivity index (χ1) is 18.1. The van der Waals surface area contributed by atoms with Crippen molar-refractivity contribution in [1.82, 2.24) is 20.9 Å². The van der Waals surface area contributed by atoms with Crippen molar-refractivity contribution in [2.24, 2.45) is 11.7 Å². The van der Waals surface area contributed by atoms with E-state index in [0.717, 1.165) is 5.56 Å². The van der Waals surface area contributed by atoms with Crippen LogP contribution < -0.4 is 21.7 Å². The lowest BCUT2D eigenvalue weighted by Gasteiger charge is -2.38. The van der Waals surface area contributed by atoms with Gasteiger partial charge >= 0.3 is 6.09 Å². The summed E-state index contributed by atoms with van der Waals surface area (Å²) >= 11 is 0. The Bertz CT molecular complexity index is 961. The van der Waals surface area contributed by atoms with Crippen LogP contribution in [-0.4, -0.2) is 72.4 Å². The molecule has 12 heteroatoms. The molecule has 0 saturated carbocycles. The SMILES string of the molecule is CC(C)[C@H](NC(=O)OCc1ccccc1)C(=O)N1CCCC[C@H]1C(=O)N[C@@H](CCCNC(=N)N)C(=O)CF. The first-order valence-electron chi connectivity index (χ1n) is 12.9. The van der Waals surface area contributed by atoms with Crippen LogP contribution >= 0.6 is 0 Å². The second-order valence-electron chi connectivity index (χ2n) is 9.61. The number of carbonyl (C=O) groups excluding carboxylic acids is 4. The van der Waals surface area contributed by atoms with E-state index in [1.165, 1.54) is 4.90 Å². The molecule has 0 bridgehead atoms. The Morgan fingerprint density at radius 3 is 2.50 bits per heavy atom. The summed E-state index contributed by atoms with van der Waals surface area (Å²) in [7, 11) is 0. The lowest BCUT2D eigenvalue weighted by Crippen LogP contribution is -2.60. The van der Waals surface area contributed by atoms with Gasteiger partial charge in [0.15, 0.2) is 11.7 Å². The summed E-state index contributed by atoms with van der Waals surface area (Å²) in [5.74, 6) is -2.24. The minimum absolute atomic E-state index is 0.0480. The molecule has 0 unspecified atom stereocenters. The second-order valence-corrected chi connectivity index (χ2v) is 9.61. The van der Waals surface area contributed by atoms with Crippen molar-refractivity contribution in [2.75, 3.05) is 19.8 Å². The van der Waals surface area contributed by atoms with Crippen LogP contribution in [0, 0.1) is 11.3 Å². The molecule has 1 aromatic carbocycles. The van der Waals surface area contributed by atoms with Crippen LogP contribution in [0.5, 0.6) is 0 Å². The summed E-state index contributed by atoms with van der Waals surface area (Å²) < 4.78 is 18.4. The number of likely N-dealkylation sites (tertiary alicyclic amines) is 1. The summed E-state index contributed by atoms with van der Waals surface area (Å²) in [4.78, 5) is 52.8. The number of guanidine groups is 1. The number of nitrogens with one attached hydrogen (secondary N) is 4. The summed E-state index contributed by atoms with van der Waals surface area (Å²) in [5.41, 5.74) is 6.04. The van der Waals surface area contributed by atoms with Crippen LogP contribution in [0.25, 0.3) is 0 Å². The Balaban J connectivity index is 2.05. The minimum atomic E-state index is -1.23. The highest BCUT2D eigenvalue weighted by Crippen LogP contribution is 2.21. The maximum Gasteiger partial charge on any atom is 0.408 e. The van der Waals surface area contributed by atoms with Gasteiger partial charge in [-0.2, -0.15) is 0 Å². The Labute approximate surface area is 222 Å². The number of carbonyl (C=O) groups is 4. The molecule has 0 spiro atoms. The average Bonchev–Trinajstić information content (AvgIpc) is 2.91. The van der Waals surface area contributed by atoms with Gasteiger partial charge in [-0.3, -0.25) is 19.8 Å². The van der Waals surface area contributed by atoms with E-state index >= 15 is 0 Å². The highest BCUT2D eigenvalue weighted by Gasteiger charge is 2.38. The molecule has 3 amide bonds. The number of rotatable bonds is 13. The largest absolute Gasteiger partial charge is 0.445 e. The molecule has 210 valence electrons. The average molecular weight is 535 g/mol. The zero-order valence-electron chi connectivity index (χ0n) is 22.0. The monoisotopic (exact) mass is 534 g/mol. The van der Waals surface area contributed by atoms with Crippen molar-refractivity contribution in [3.63, 3.8) is 0 Å². The predicted octanol–water partition coefficient (Wildman–Crippen LogP) is 1.61. The second kappa shape index (κ2) is 15.5. The van der Waals surface area contributed by atoms with Crippen LogP contribution in [-0.2, 0) is 25.7 Å². The molecule has 3 atom stereocenters. The molecule has 11 nitrogen and oxygen atoms in total. The number of nitrogens with zero attached hydrogens (tertiary/aromatic N) is 1. The number of alkyl halides is 1. The van der Waals surface area contributed by atoms with Gasteiger partial charge in [-0.15, -0.1) is 0 Å². The first-order valence-corrected chi connectivity index (χ1v) is 12.9. The number of alkyl carbamates (subject to hydrolysis) is 1. The van der Waals surface area contributed by atoms with Crippen LogP contribution in [0.15, 0.2) is 30.3 Å². The molecule has 0 aromatic heterocycles. The van der Waals surface area contributed by atoms with Gasteiger partial charge in [0.2, 0.25) is 11.8 Å². The van der Waals surface area contributed by atoms with E-state index in [1.54, 1.807) is 13.8 Å². The van der Waals surface area contributed by atoms with Crippen molar-refractivity contribution >= 4 is 29.7 Å². The number of halogens is 1. The topological polar surface area (TPSA) is 167 Å². The third-order valence-corrected chi connectivity index (χ3v) is 6.33. The number of nitrogens with two attached hydrogens (primary N) is 1. The molecule has 2 rings (SSSR count). The van der Waals surface area contributed by atoms with E-state index in [9.17, 15) is 23.6 Å². The van der Waals surface area contributed by atoms with E-state index in [4.69, 9.17) is 15.9 Å². The molecule has 1 heterocycles. The third kappa shape index (κ3) is 9.64. The lowest BCUT2D eigenvalue weighted by molar-refractivity contribution is -0.145. The quantitative estimate of drug-likeness (QED) is 0.146. The molecule has 1 fully saturated rings. The van der Waals surface area contributed by atoms with E-state index < -0.39 is 48.5 Å². The summed E-state index contributed by atoms with van der Waals surface area (Å²) in [6, 6.07) is 6.29. The molecule has 1 aliphatic rings. The minimum Gasteiger partial charge on any atom is -0.445 e. The fraction of sp³-hybridized carbons (Fsp3) is 0.577. The zero-order chi connectivity index (χ0) is 28.1. The Morgan fingerprint density at radius 1 is 1.16 bits per heavy atom. The zero-order valence-corrected chi connectivity index (χ0v) is 22.0. The number of ether oxygens (including phenoxy) is 1. The number of hydrogen-bond donors (Lipinski definition) is 5. The molecule has 1 aromatic rings. The highest BCUT2D eigenvalue weighted by molar-refractivity contribution is 5.94. The van der Waals surface area contributed by atoms with Crippen molar-refractivity contribution in [2.45, 2.75) is 70.7 Å². The van der Waals surface area contributed by atoms with Crippen molar-refractivity contribution in [3.05, 3.63) is 35.9 Å². The van der Waals surface area contributed by atoms with Gasteiger partial charge in [-0.25, -0.2) is 9.18 Å². The lowest BCUT2D eigenvalue weighted by atomic mass is 9.96. The van der Waals surface area contributed by atoms with Crippen LogP contribution in [0.1, 0.15) is 51.5 Å². The normalized spacial score (nSPS) is 16.7. The Kier molecular flexibility index (Phi) is 12.5. The summed E-state index contributed by atoms with van der Waals surface area (Å²) in [6.45, 7) is 2.98. The van der Waals surface area contributed by atoms with E-state index in [-0.39, 0.29) is 31.4 Å². The van der Waals surface area contributed by atoms with Gasteiger partial charge in [0.25, 0.3) is 0 Å². The molecule has 1 aliphatic heterocycles. The van der Waals surface area contributed by atoms with E-state index in [0.29, 0.717) is 32.2 Å².